The van der Waals surface area contributed by atoms with E-state index >= 15 is 0 Å². The van der Waals surface area contributed by atoms with E-state index in [4.69, 9.17) is 10.00 Å². The monoisotopic (exact) mass is 365 g/mol. The number of hydrogen-bond acceptors (Lipinski definition) is 4. The predicted octanol–water partition coefficient (Wildman–Crippen LogP) is 1.30. The molecule has 140 valence electrons. The van der Waals surface area contributed by atoms with E-state index in [0.29, 0.717) is 18.7 Å². The number of benzene rings is 2. The van der Waals surface area contributed by atoms with Crippen LogP contribution in [0.15, 0.2) is 48.5 Å². The molecule has 1 aliphatic rings. The van der Waals surface area contributed by atoms with E-state index in [1.54, 1.807) is 24.3 Å². The van der Waals surface area contributed by atoms with Crippen LogP contribution in [0.5, 0.6) is 5.75 Å². The molecule has 2 aromatic rings. The molecule has 2 N–H and O–H groups in total. The van der Waals surface area contributed by atoms with Crippen molar-refractivity contribution in [2.24, 2.45) is 0 Å². The summed E-state index contributed by atoms with van der Waals surface area (Å²) in [4.78, 5) is 15.9. The molecule has 3 rings (SSSR count). The molecule has 0 saturated carbocycles. The highest BCUT2D eigenvalue weighted by atomic mass is 16.5. The minimum Gasteiger partial charge on any atom is -0.492 e. The van der Waals surface area contributed by atoms with Gasteiger partial charge in [-0.1, -0.05) is 12.1 Å². The highest BCUT2D eigenvalue weighted by molar-refractivity contribution is 5.91. The van der Waals surface area contributed by atoms with Crippen LogP contribution in [-0.2, 0) is 4.79 Å². The normalized spacial score (nSPS) is 14.4. The Hall–Kier alpha value is -3.04. The van der Waals surface area contributed by atoms with Crippen molar-refractivity contribution in [1.82, 2.24) is 0 Å². The summed E-state index contributed by atoms with van der Waals surface area (Å²) in [5.41, 5.74) is 2.44. The summed E-state index contributed by atoms with van der Waals surface area (Å²) in [6.07, 6.45) is 0. The summed E-state index contributed by atoms with van der Waals surface area (Å²) in [7, 11) is 0. The summed E-state index contributed by atoms with van der Waals surface area (Å²) >= 11 is 0. The van der Waals surface area contributed by atoms with Crippen molar-refractivity contribution in [3.05, 3.63) is 54.1 Å². The predicted molar refractivity (Wildman–Crippen MR) is 105 cm³/mol. The van der Waals surface area contributed by atoms with Gasteiger partial charge >= 0.3 is 0 Å². The molecule has 1 fully saturated rings. The van der Waals surface area contributed by atoms with Crippen molar-refractivity contribution in [2.45, 2.75) is 6.92 Å². The first-order chi connectivity index (χ1) is 13.2. The quantitative estimate of drug-likeness (QED) is 0.810. The van der Waals surface area contributed by atoms with Crippen LogP contribution in [0, 0.1) is 11.3 Å². The average molecular weight is 365 g/mol. The second-order valence-electron chi connectivity index (χ2n) is 6.55. The lowest BCUT2D eigenvalue weighted by atomic mass is 10.2. The fourth-order valence-electron chi connectivity index (χ4n) is 3.30. The smallest absolute Gasteiger partial charge is 0.279 e. The second kappa shape index (κ2) is 9.06. The van der Waals surface area contributed by atoms with Gasteiger partial charge in [0.1, 0.15) is 5.75 Å². The van der Waals surface area contributed by atoms with Crippen molar-refractivity contribution < 1.29 is 14.4 Å². The summed E-state index contributed by atoms with van der Waals surface area (Å²) < 4.78 is 5.73. The average Bonchev–Trinajstić information content (AvgIpc) is 2.70. The van der Waals surface area contributed by atoms with Crippen molar-refractivity contribution in [2.75, 3.05) is 49.5 Å². The van der Waals surface area contributed by atoms with Crippen LogP contribution in [0.2, 0.25) is 0 Å². The maximum absolute atomic E-state index is 12.3. The number of rotatable bonds is 6. The zero-order chi connectivity index (χ0) is 19.1. The van der Waals surface area contributed by atoms with Gasteiger partial charge in [-0.15, -0.1) is 0 Å². The van der Waals surface area contributed by atoms with Crippen LogP contribution in [0.4, 0.5) is 11.4 Å². The van der Waals surface area contributed by atoms with E-state index in [-0.39, 0.29) is 5.91 Å². The van der Waals surface area contributed by atoms with Gasteiger partial charge < -0.3 is 19.9 Å². The molecule has 0 atom stereocenters. The Morgan fingerprint density at radius 2 is 1.89 bits per heavy atom. The number of nitrogens with one attached hydrogen (secondary N) is 2. The number of nitriles is 1. The van der Waals surface area contributed by atoms with Crippen molar-refractivity contribution in [3.8, 4) is 11.8 Å². The fourth-order valence-corrected chi connectivity index (χ4v) is 3.30. The lowest BCUT2D eigenvalue weighted by Gasteiger charge is -2.34. The van der Waals surface area contributed by atoms with Crippen LogP contribution in [0.1, 0.15) is 12.5 Å². The third-order valence-corrected chi connectivity index (χ3v) is 4.68. The van der Waals surface area contributed by atoms with Gasteiger partial charge in [-0.2, -0.15) is 5.26 Å². The van der Waals surface area contributed by atoms with Crippen molar-refractivity contribution >= 4 is 17.3 Å². The van der Waals surface area contributed by atoms with Crippen LogP contribution in [-0.4, -0.2) is 45.2 Å². The first-order valence-corrected chi connectivity index (χ1v) is 9.30. The van der Waals surface area contributed by atoms with E-state index < -0.39 is 0 Å². The van der Waals surface area contributed by atoms with Gasteiger partial charge in [0.15, 0.2) is 6.54 Å². The van der Waals surface area contributed by atoms with Crippen LogP contribution in [0.3, 0.4) is 0 Å². The molecule has 0 bridgehead atoms. The van der Waals surface area contributed by atoms with Gasteiger partial charge in [0.2, 0.25) is 0 Å². The van der Waals surface area contributed by atoms with Gasteiger partial charge in [-0.05, 0) is 43.3 Å². The number of anilines is 2. The molecule has 2 aromatic carbocycles. The standard InChI is InChI=1S/C21H24N4O2/c1-2-27-20-6-4-3-5-19(20)25-13-11-24(12-14-25)16-21(26)23-18-9-7-17(15-22)8-10-18/h3-10H,2,11-14,16H2,1H3,(H,23,26)/p+1. The molecule has 6 nitrogen and oxygen atoms in total. The second-order valence-corrected chi connectivity index (χ2v) is 6.55. The first kappa shape index (κ1) is 18.7. The Kier molecular flexibility index (Phi) is 6.29. The zero-order valence-corrected chi connectivity index (χ0v) is 15.6. The molecule has 0 spiro atoms. The zero-order valence-electron chi connectivity index (χ0n) is 15.6. The van der Waals surface area contributed by atoms with Crippen molar-refractivity contribution in [3.63, 3.8) is 0 Å². The minimum absolute atomic E-state index is 0.00197. The molecular weight excluding hydrogens is 340 g/mol. The van der Waals surface area contributed by atoms with Gasteiger partial charge in [-0.25, -0.2) is 0 Å². The minimum atomic E-state index is -0.00197. The fraction of sp³-hybridized carbons (Fsp3) is 0.333. The van der Waals surface area contributed by atoms with Gasteiger partial charge in [0.05, 0.1) is 50.1 Å². The number of nitrogens with zero attached hydrogens (tertiary/aromatic N) is 2. The maximum Gasteiger partial charge on any atom is 0.279 e. The number of hydrogen-bond donors (Lipinski definition) is 2. The van der Waals surface area contributed by atoms with Crippen LogP contribution >= 0.6 is 0 Å². The number of carbonyl (C=O) groups is 1. The van der Waals surface area contributed by atoms with Gasteiger partial charge in [0.25, 0.3) is 5.91 Å². The highest BCUT2D eigenvalue weighted by Crippen LogP contribution is 2.27. The summed E-state index contributed by atoms with van der Waals surface area (Å²) in [5.74, 6) is 0.917. The summed E-state index contributed by atoms with van der Waals surface area (Å²) in [6.45, 7) is 6.68. The molecular formula is C21H25N4O2+. The number of carbonyl (C=O) groups excluding carboxylic acids is 1. The number of ether oxygens (including phenoxy) is 1. The Morgan fingerprint density at radius 1 is 1.19 bits per heavy atom. The maximum atomic E-state index is 12.3. The number of para-hydroxylation sites is 2. The molecule has 0 radical (unpaired) electrons. The van der Waals surface area contributed by atoms with E-state index in [1.165, 1.54) is 4.90 Å². The SMILES string of the molecule is CCOc1ccccc1N1CC[NH+](CC(=O)Nc2ccc(C#N)cc2)CC1. The van der Waals surface area contributed by atoms with Crippen LogP contribution < -0.4 is 19.9 Å². The number of quaternary nitrogens is 1. The molecule has 1 saturated heterocycles. The first-order valence-electron chi connectivity index (χ1n) is 9.30. The highest BCUT2D eigenvalue weighted by Gasteiger charge is 2.24. The Balaban J connectivity index is 1.50. The van der Waals surface area contributed by atoms with Crippen LogP contribution in [0.25, 0.3) is 0 Å². The van der Waals surface area contributed by atoms with E-state index in [9.17, 15) is 4.79 Å². The Labute approximate surface area is 160 Å². The molecule has 1 heterocycles. The summed E-state index contributed by atoms with van der Waals surface area (Å²) in [5, 5.41) is 11.7. The molecule has 27 heavy (non-hydrogen) atoms. The summed E-state index contributed by atoms with van der Waals surface area (Å²) in [6, 6.07) is 17.1. The lowest BCUT2D eigenvalue weighted by molar-refractivity contribution is -0.892. The number of amides is 1. The van der Waals surface area contributed by atoms with Gasteiger partial charge in [-0.3, -0.25) is 4.79 Å². The molecule has 0 aromatic heterocycles. The molecule has 0 unspecified atom stereocenters. The molecule has 1 aliphatic heterocycles. The lowest BCUT2D eigenvalue weighted by Crippen LogP contribution is -3.15. The van der Waals surface area contributed by atoms with E-state index in [1.807, 2.05) is 25.1 Å². The van der Waals surface area contributed by atoms with Crippen molar-refractivity contribution in [1.29, 1.82) is 5.26 Å². The van der Waals surface area contributed by atoms with E-state index in [2.05, 4.69) is 22.4 Å². The molecule has 1 amide bonds. The largest absolute Gasteiger partial charge is 0.492 e. The van der Waals surface area contributed by atoms with Gasteiger partial charge in [0, 0.05) is 5.69 Å². The topological polar surface area (TPSA) is 69.8 Å². The third-order valence-electron chi connectivity index (χ3n) is 4.68. The third kappa shape index (κ3) is 4.99. The number of piperazine rings is 1. The Bertz CT molecular complexity index is 806. The Morgan fingerprint density at radius 3 is 2.56 bits per heavy atom. The molecule has 6 heteroatoms. The molecule has 0 aliphatic carbocycles. The van der Waals surface area contributed by atoms with E-state index in [0.717, 1.165) is 43.3 Å².